The molecule has 0 bridgehead atoms. The molecule has 2 aromatic carbocycles. The Morgan fingerprint density at radius 2 is 1.76 bits per heavy atom. The fraction of sp³-hybridized carbons (Fsp3) is 0.472. The highest BCUT2D eigenvalue weighted by Crippen LogP contribution is 2.45. The van der Waals surface area contributed by atoms with E-state index in [1.165, 1.54) is 9.70 Å². The van der Waals surface area contributed by atoms with E-state index < -0.39 is 53.1 Å². The average Bonchev–Trinajstić information content (AvgIpc) is 3.37. The van der Waals surface area contributed by atoms with Crippen molar-refractivity contribution in [3.05, 3.63) is 66.7 Å². The van der Waals surface area contributed by atoms with Gasteiger partial charge in [0.1, 0.15) is 23.2 Å². The van der Waals surface area contributed by atoms with E-state index in [2.05, 4.69) is 20.9 Å². The summed E-state index contributed by atoms with van der Waals surface area (Å²) in [5.41, 5.74) is 0.489. The highest BCUT2D eigenvalue weighted by atomic mass is 16.6. The first-order valence-corrected chi connectivity index (χ1v) is 16.9. The van der Waals surface area contributed by atoms with Gasteiger partial charge in [-0.15, -0.1) is 10.2 Å². The fourth-order valence-corrected chi connectivity index (χ4v) is 6.73. The first-order valence-electron chi connectivity index (χ1n) is 16.9. The molecule has 13 heteroatoms. The van der Waals surface area contributed by atoms with Crippen molar-refractivity contribution < 1.29 is 29.0 Å². The summed E-state index contributed by atoms with van der Waals surface area (Å²) in [6.45, 7) is 5.28. The van der Waals surface area contributed by atoms with Gasteiger partial charge < -0.3 is 25.4 Å². The number of alkyl carbamates (subject to hydrolysis) is 1. The third-order valence-electron chi connectivity index (χ3n) is 9.34. The number of carbonyl (C=O) groups is 4. The molecule has 0 unspecified atom stereocenters. The number of aliphatic carboxylic acids is 1. The zero-order valence-electron chi connectivity index (χ0n) is 28.0. The first-order chi connectivity index (χ1) is 23.4. The van der Waals surface area contributed by atoms with Crippen LogP contribution in [-0.4, -0.2) is 83.9 Å². The van der Waals surface area contributed by atoms with E-state index in [9.17, 15) is 24.3 Å². The Bertz CT molecular complexity index is 1730. The standard InChI is InChI=1S/C36H43N7O6/c1-35(2,3)49-34(48)37-28-19-11-6-4-5-10-16-24-21-36(24,33(46)47)38-31(44)29-20-25(22-42(29)32(28)45)43-40-30(39-41-43)27-18-13-12-17-26(27)23-14-8-7-9-15-23/h7-10,12-18,24-25,28-29H,4-6,11,19-22H2,1-3H3,(H,37,48)(H,38,44)(H,46,47)/b16-10-/t24-,25-,28+,29-,36-/m0/s1. The molecule has 49 heavy (non-hydrogen) atoms. The molecule has 13 nitrogen and oxygen atoms in total. The Labute approximate surface area is 285 Å². The summed E-state index contributed by atoms with van der Waals surface area (Å²) < 4.78 is 5.48. The smallest absolute Gasteiger partial charge is 0.408 e. The number of hydrogen-bond donors (Lipinski definition) is 3. The Morgan fingerprint density at radius 1 is 1.02 bits per heavy atom. The summed E-state index contributed by atoms with van der Waals surface area (Å²) in [7, 11) is 0. The number of ether oxygens (including phenoxy) is 1. The number of carboxylic acid groups (broad SMARTS) is 1. The van der Waals surface area contributed by atoms with E-state index >= 15 is 0 Å². The molecule has 5 atom stereocenters. The number of amides is 3. The highest BCUT2D eigenvalue weighted by molar-refractivity contribution is 5.96. The van der Waals surface area contributed by atoms with E-state index in [1.54, 1.807) is 20.8 Å². The third kappa shape index (κ3) is 7.50. The quantitative estimate of drug-likeness (QED) is 0.331. The molecule has 1 aromatic heterocycles. The molecule has 2 fully saturated rings. The molecule has 0 radical (unpaired) electrons. The predicted octanol–water partition coefficient (Wildman–Crippen LogP) is 4.52. The van der Waals surface area contributed by atoms with Gasteiger partial charge in [0.2, 0.25) is 17.6 Å². The van der Waals surface area contributed by atoms with Gasteiger partial charge in [-0.3, -0.25) is 9.59 Å². The largest absolute Gasteiger partial charge is 0.479 e. The fourth-order valence-electron chi connectivity index (χ4n) is 6.73. The number of aromatic nitrogens is 4. The molecule has 3 N–H and O–H groups in total. The van der Waals surface area contributed by atoms with Crippen LogP contribution in [0.25, 0.3) is 22.5 Å². The predicted molar refractivity (Wildman–Crippen MR) is 180 cm³/mol. The van der Waals surface area contributed by atoms with Gasteiger partial charge in [-0.2, -0.15) is 4.80 Å². The summed E-state index contributed by atoms with van der Waals surface area (Å²) in [5, 5.41) is 29.1. The van der Waals surface area contributed by atoms with Crippen LogP contribution in [0.2, 0.25) is 0 Å². The molecule has 3 heterocycles. The summed E-state index contributed by atoms with van der Waals surface area (Å²) in [6, 6.07) is 15.1. The van der Waals surface area contributed by atoms with Gasteiger partial charge >= 0.3 is 12.1 Å². The Balaban J connectivity index is 1.31. The van der Waals surface area contributed by atoms with Crippen molar-refractivity contribution in [2.75, 3.05) is 6.54 Å². The molecule has 1 saturated heterocycles. The normalized spacial score (nSPS) is 26.7. The molecule has 258 valence electrons. The number of tetrazole rings is 1. The molecule has 0 spiro atoms. The Morgan fingerprint density at radius 3 is 2.49 bits per heavy atom. The molecule has 3 aliphatic rings. The van der Waals surface area contributed by atoms with Crippen molar-refractivity contribution in [3.63, 3.8) is 0 Å². The minimum absolute atomic E-state index is 0.0585. The molecule has 6 rings (SSSR count). The Hall–Kier alpha value is -5.07. The molecule has 1 aliphatic carbocycles. The number of rotatable bonds is 5. The number of carbonyl (C=O) groups excluding carboxylic acids is 3. The van der Waals surface area contributed by atoms with E-state index in [4.69, 9.17) is 9.84 Å². The highest BCUT2D eigenvalue weighted by Gasteiger charge is 2.61. The van der Waals surface area contributed by atoms with Crippen molar-refractivity contribution in [2.24, 2.45) is 5.92 Å². The number of allylic oxidation sites excluding steroid dienone is 1. The molecule has 3 amide bonds. The zero-order valence-corrected chi connectivity index (χ0v) is 28.0. The molecule has 3 aromatic rings. The number of fused-ring (bicyclic) bond motifs is 2. The van der Waals surface area contributed by atoms with Gasteiger partial charge in [0.25, 0.3) is 0 Å². The van der Waals surface area contributed by atoms with Gasteiger partial charge in [-0.25, -0.2) is 9.59 Å². The molecular weight excluding hydrogens is 626 g/mol. The van der Waals surface area contributed by atoms with Crippen molar-refractivity contribution in [3.8, 4) is 22.5 Å². The Kier molecular flexibility index (Phi) is 9.53. The lowest BCUT2D eigenvalue weighted by Crippen LogP contribution is -2.56. The van der Waals surface area contributed by atoms with Crippen LogP contribution in [0.15, 0.2) is 66.7 Å². The number of hydrogen-bond acceptors (Lipinski definition) is 8. The first kappa shape index (κ1) is 33.8. The van der Waals surface area contributed by atoms with Gasteiger partial charge in [0.05, 0.1) is 6.04 Å². The lowest BCUT2D eigenvalue weighted by atomic mass is 9.99. The average molecular weight is 670 g/mol. The van der Waals surface area contributed by atoms with Crippen LogP contribution in [0.3, 0.4) is 0 Å². The van der Waals surface area contributed by atoms with Gasteiger partial charge in [0.15, 0.2) is 0 Å². The van der Waals surface area contributed by atoms with Crippen LogP contribution in [0.5, 0.6) is 0 Å². The monoisotopic (exact) mass is 669 g/mol. The minimum Gasteiger partial charge on any atom is -0.479 e. The van der Waals surface area contributed by atoms with Crippen molar-refractivity contribution in [1.82, 2.24) is 35.7 Å². The van der Waals surface area contributed by atoms with Gasteiger partial charge in [-0.05, 0) is 62.8 Å². The summed E-state index contributed by atoms with van der Waals surface area (Å²) in [6.07, 6.45) is 6.90. The maximum absolute atomic E-state index is 14.3. The van der Waals surface area contributed by atoms with E-state index in [0.717, 1.165) is 36.0 Å². The van der Waals surface area contributed by atoms with Crippen LogP contribution >= 0.6 is 0 Å². The number of nitrogens with one attached hydrogen (secondary N) is 2. The maximum atomic E-state index is 14.3. The van der Waals surface area contributed by atoms with Crippen molar-refractivity contribution in [2.45, 2.75) is 95.0 Å². The van der Waals surface area contributed by atoms with E-state index in [1.807, 2.05) is 66.7 Å². The second-order valence-electron chi connectivity index (χ2n) is 14.1. The van der Waals surface area contributed by atoms with Crippen LogP contribution in [0, 0.1) is 5.92 Å². The number of nitrogens with zero attached hydrogens (tertiary/aromatic N) is 5. The SMILES string of the molecule is CC(C)(C)OC(=O)N[C@@H]1CCCCC/C=C\[C@H]2C[C@]2(C(=O)O)NC(=O)[C@@H]2C[C@H](n3nnc(-c4ccccc4-c4ccccc4)n3)CN2C1=O. The van der Waals surface area contributed by atoms with Crippen LogP contribution < -0.4 is 10.6 Å². The van der Waals surface area contributed by atoms with Gasteiger partial charge in [-0.1, -0.05) is 79.6 Å². The molecule has 2 aliphatic heterocycles. The maximum Gasteiger partial charge on any atom is 0.408 e. The van der Waals surface area contributed by atoms with Crippen LogP contribution in [0.1, 0.15) is 71.8 Å². The number of benzene rings is 2. The lowest BCUT2D eigenvalue weighted by molar-refractivity contribution is -0.145. The van der Waals surface area contributed by atoms with Crippen LogP contribution in [-0.2, 0) is 19.1 Å². The van der Waals surface area contributed by atoms with Crippen molar-refractivity contribution >= 4 is 23.9 Å². The molecular formula is C36H43N7O6. The van der Waals surface area contributed by atoms with Crippen molar-refractivity contribution in [1.29, 1.82) is 0 Å². The van der Waals surface area contributed by atoms with Crippen LogP contribution in [0.4, 0.5) is 4.79 Å². The summed E-state index contributed by atoms with van der Waals surface area (Å²) >= 11 is 0. The third-order valence-corrected chi connectivity index (χ3v) is 9.34. The summed E-state index contributed by atoms with van der Waals surface area (Å²) in [5.74, 6) is -2.09. The second-order valence-corrected chi connectivity index (χ2v) is 14.1. The topological polar surface area (TPSA) is 169 Å². The summed E-state index contributed by atoms with van der Waals surface area (Å²) in [4.78, 5) is 56.4. The minimum atomic E-state index is -1.44. The lowest BCUT2D eigenvalue weighted by Gasteiger charge is -2.30. The van der Waals surface area contributed by atoms with E-state index in [0.29, 0.717) is 18.7 Å². The van der Waals surface area contributed by atoms with Gasteiger partial charge in [0, 0.05) is 24.4 Å². The zero-order chi connectivity index (χ0) is 34.8. The van der Waals surface area contributed by atoms with E-state index in [-0.39, 0.29) is 25.3 Å². The number of carboxylic acids is 1. The second kappa shape index (κ2) is 13.8. The molecule has 1 saturated carbocycles.